The maximum atomic E-state index is 12.4. The highest BCUT2D eigenvalue weighted by molar-refractivity contribution is 8.04. The van der Waals surface area contributed by atoms with Crippen LogP contribution in [0.1, 0.15) is 17.3 Å². The lowest BCUT2D eigenvalue weighted by atomic mass is 9.92. The van der Waals surface area contributed by atoms with Crippen molar-refractivity contribution in [1.82, 2.24) is 9.88 Å². The Bertz CT molecular complexity index is 1030. The highest BCUT2D eigenvalue weighted by Crippen LogP contribution is 2.50. The van der Waals surface area contributed by atoms with Crippen LogP contribution >= 0.6 is 11.8 Å². The van der Waals surface area contributed by atoms with Crippen LogP contribution in [0.5, 0.6) is 0 Å². The summed E-state index contributed by atoms with van der Waals surface area (Å²) >= 11 is 1.13. The van der Waals surface area contributed by atoms with E-state index in [0.717, 1.165) is 27.6 Å². The molecule has 4 rings (SSSR count). The van der Waals surface area contributed by atoms with Gasteiger partial charge in [-0.15, -0.1) is 0 Å². The molecule has 1 aromatic carbocycles. The molecule has 0 radical (unpaired) electrons. The molecule has 3 atom stereocenters. The van der Waals surface area contributed by atoms with Gasteiger partial charge in [-0.25, -0.2) is 9.59 Å². The second-order valence-corrected chi connectivity index (χ2v) is 7.76. The Kier molecular flexibility index (Phi) is 4.56. The lowest BCUT2D eigenvalue weighted by molar-refractivity contribution is -0.156. The summed E-state index contributed by atoms with van der Waals surface area (Å²) in [5, 5.41) is 19.5. The van der Waals surface area contributed by atoms with Gasteiger partial charge in [0.2, 0.25) is 5.91 Å². The number of β-lactam (4-membered cyclic amide) rings is 1. The highest BCUT2D eigenvalue weighted by Gasteiger charge is 2.57. The molecule has 0 unspecified atom stereocenters. The molecular weight excluding hydrogens is 384 g/mol. The molecule has 1 amide bonds. The summed E-state index contributed by atoms with van der Waals surface area (Å²) in [5.74, 6) is -3.02. The lowest BCUT2D eigenvalue weighted by Crippen LogP contribution is -2.60. The normalized spacial score (nSPS) is 22.1. The first-order valence-electron chi connectivity index (χ1n) is 8.54. The number of ether oxygens (including phenoxy) is 1. The first kappa shape index (κ1) is 18.5. The van der Waals surface area contributed by atoms with Crippen LogP contribution in [-0.2, 0) is 14.3 Å². The number of pyridine rings is 1. The number of carbonyl (C=O) groups excluding carboxylic acids is 2. The van der Waals surface area contributed by atoms with Crippen LogP contribution in [-0.4, -0.2) is 56.0 Å². The number of benzene rings is 1. The van der Waals surface area contributed by atoms with Crippen LogP contribution in [0.15, 0.2) is 47.1 Å². The zero-order valence-electron chi connectivity index (χ0n) is 14.7. The zero-order chi connectivity index (χ0) is 20.0. The summed E-state index contributed by atoms with van der Waals surface area (Å²) in [5.41, 5.74) is 0.801. The van der Waals surface area contributed by atoms with Gasteiger partial charge in [-0.05, 0) is 19.1 Å². The number of aliphatic hydroxyl groups excluding tert-OH is 1. The molecule has 2 aromatic rings. The Labute approximate surface area is 163 Å². The number of carboxylic acid groups (broad SMARTS) is 1. The fourth-order valence-electron chi connectivity index (χ4n) is 3.35. The second-order valence-electron chi connectivity index (χ2n) is 6.55. The van der Waals surface area contributed by atoms with Crippen molar-refractivity contribution >= 4 is 40.5 Å². The van der Waals surface area contributed by atoms with E-state index in [1.165, 1.54) is 13.1 Å². The van der Waals surface area contributed by atoms with E-state index in [4.69, 9.17) is 4.74 Å². The lowest BCUT2D eigenvalue weighted by Gasteiger charge is -2.43. The molecule has 1 saturated heterocycles. The van der Waals surface area contributed by atoms with E-state index < -0.39 is 35.2 Å². The monoisotopic (exact) mass is 400 g/mol. The third kappa shape index (κ3) is 2.92. The van der Waals surface area contributed by atoms with Gasteiger partial charge in [-0.1, -0.05) is 30.0 Å². The molecule has 9 heteroatoms. The Hall–Kier alpha value is -2.91. The minimum Gasteiger partial charge on any atom is -0.477 e. The molecule has 1 fully saturated rings. The summed E-state index contributed by atoms with van der Waals surface area (Å²) in [7, 11) is 0. The van der Waals surface area contributed by atoms with Gasteiger partial charge in [0, 0.05) is 11.6 Å². The number of aliphatic hydroxyl groups is 1. The molecule has 1 aromatic heterocycles. The maximum Gasteiger partial charge on any atom is 0.353 e. The van der Waals surface area contributed by atoms with Crippen molar-refractivity contribution in [3.05, 3.63) is 52.7 Å². The number of carbonyl (C=O) groups is 3. The maximum absolute atomic E-state index is 12.4. The van der Waals surface area contributed by atoms with Crippen molar-refractivity contribution in [2.75, 3.05) is 6.61 Å². The average molecular weight is 400 g/mol. The Balaban J connectivity index is 1.51. The van der Waals surface area contributed by atoms with Gasteiger partial charge >= 0.3 is 11.9 Å². The molecule has 144 valence electrons. The van der Waals surface area contributed by atoms with Crippen molar-refractivity contribution in [3.8, 4) is 0 Å². The molecule has 0 bridgehead atoms. The minimum absolute atomic E-state index is 0.193. The molecule has 0 saturated carbocycles. The number of nitrogens with zero attached hydrogens (tertiary/aromatic N) is 2. The van der Waals surface area contributed by atoms with Crippen molar-refractivity contribution < 1.29 is 29.3 Å². The summed E-state index contributed by atoms with van der Waals surface area (Å²) in [6.45, 7) is 1.22. The molecule has 3 heterocycles. The van der Waals surface area contributed by atoms with Crippen LogP contribution in [0.25, 0.3) is 10.9 Å². The largest absolute Gasteiger partial charge is 0.477 e. The van der Waals surface area contributed by atoms with Crippen LogP contribution < -0.4 is 0 Å². The van der Waals surface area contributed by atoms with Crippen LogP contribution in [0.4, 0.5) is 0 Å². The number of aliphatic carboxylic acids is 1. The van der Waals surface area contributed by atoms with E-state index in [1.54, 1.807) is 6.07 Å². The summed E-state index contributed by atoms with van der Waals surface area (Å²) in [4.78, 5) is 41.8. The molecular formula is C19H16N2O6S. The second kappa shape index (κ2) is 6.92. The Morgan fingerprint density at radius 2 is 2.11 bits per heavy atom. The van der Waals surface area contributed by atoms with Crippen molar-refractivity contribution in [3.63, 3.8) is 0 Å². The smallest absolute Gasteiger partial charge is 0.353 e. The van der Waals surface area contributed by atoms with Crippen LogP contribution in [0.3, 0.4) is 0 Å². The first-order valence-corrected chi connectivity index (χ1v) is 9.42. The zero-order valence-corrected chi connectivity index (χ0v) is 15.5. The molecule has 2 N–H and O–H groups in total. The number of para-hydroxylation sites is 1. The molecule has 0 spiro atoms. The number of carboxylic acids is 1. The molecule has 0 aliphatic carbocycles. The van der Waals surface area contributed by atoms with E-state index in [2.05, 4.69) is 4.98 Å². The third-order valence-electron chi connectivity index (χ3n) is 4.74. The Morgan fingerprint density at radius 1 is 1.36 bits per heavy atom. The number of fused-ring (bicyclic) bond motifs is 2. The van der Waals surface area contributed by atoms with Gasteiger partial charge < -0.3 is 14.9 Å². The van der Waals surface area contributed by atoms with Crippen LogP contribution in [0, 0.1) is 5.92 Å². The van der Waals surface area contributed by atoms with E-state index in [9.17, 15) is 24.6 Å². The van der Waals surface area contributed by atoms with Crippen molar-refractivity contribution in [2.45, 2.75) is 18.4 Å². The van der Waals surface area contributed by atoms with Crippen LogP contribution in [0.2, 0.25) is 0 Å². The highest BCUT2D eigenvalue weighted by atomic mass is 32.2. The fraction of sp³-hybridized carbons (Fsp3) is 0.263. The van der Waals surface area contributed by atoms with E-state index in [0.29, 0.717) is 0 Å². The molecule has 8 nitrogen and oxygen atoms in total. The number of hydrogen-bond acceptors (Lipinski definition) is 7. The van der Waals surface area contributed by atoms with Gasteiger partial charge in [0.15, 0.2) is 0 Å². The molecule has 2 aliphatic heterocycles. The average Bonchev–Trinajstić information content (AvgIpc) is 2.99. The number of esters is 1. The topological polar surface area (TPSA) is 117 Å². The van der Waals surface area contributed by atoms with Gasteiger partial charge in [0.1, 0.15) is 17.7 Å². The Morgan fingerprint density at radius 3 is 2.82 bits per heavy atom. The van der Waals surface area contributed by atoms with Gasteiger partial charge in [-0.3, -0.25) is 14.7 Å². The third-order valence-corrected chi connectivity index (χ3v) is 6.08. The van der Waals surface area contributed by atoms with E-state index in [-0.39, 0.29) is 22.8 Å². The minimum atomic E-state index is -1.27. The number of amides is 1. The predicted molar refractivity (Wildman–Crippen MR) is 100 cm³/mol. The quantitative estimate of drug-likeness (QED) is 0.574. The molecule has 2 aliphatic rings. The fourth-order valence-corrected chi connectivity index (χ4v) is 4.87. The first-order chi connectivity index (χ1) is 13.4. The standard InChI is InChI=1S/C19H16N2O6S/c1-9(22)14-16(23)21-15(18(24)25)13(28-17(14)21)8-27-19(26)11-6-10-4-2-3-5-12(10)20-7-11/h2-7,9,14,17,22H,8H2,1H3,(H,24,25)/t9-,14+,17-/m1/s1. The number of thioether (sulfide) groups is 1. The van der Waals surface area contributed by atoms with Gasteiger partial charge in [-0.2, -0.15) is 0 Å². The number of aromatic nitrogens is 1. The summed E-state index contributed by atoms with van der Waals surface area (Å²) in [6, 6.07) is 8.97. The summed E-state index contributed by atoms with van der Waals surface area (Å²) < 4.78 is 5.28. The summed E-state index contributed by atoms with van der Waals surface area (Å²) in [6.07, 6.45) is 0.515. The number of hydrogen-bond donors (Lipinski definition) is 2. The van der Waals surface area contributed by atoms with Gasteiger partial charge in [0.05, 0.1) is 28.0 Å². The molecule has 28 heavy (non-hydrogen) atoms. The predicted octanol–water partition coefficient (Wildman–Crippen LogP) is 1.60. The van der Waals surface area contributed by atoms with E-state index >= 15 is 0 Å². The van der Waals surface area contributed by atoms with E-state index in [1.807, 2.05) is 24.3 Å². The SMILES string of the molecule is C[C@@H](O)[C@H]1C(=O)N2C(C(=O)O)=C(COC(=O)c3cnc4ccccc4c3)S[C@H]12. The van der Waals surface area contributed by atoms with Gasteiger partial charge in [0.25, 0.3) is 0 Å². The van der Waals surface area contributed by atoms with Crippen molar-refractivity contribution in [1.29, 1.82) is 0 Å². The number of rotatable bonds is 5. The van der Waals surface area contributed by atoms with Crippen molar-refractivity contribution in [2.24, 2.45) is 5.92 Å².